The molecule has 0 bridgehead atoms. The van der Waals surface area contributed by atoms with E-state index in [2.05, 4.69) is 0 Å². The van der Waals surface area contributed by atoms with E-state index in [9.17, 15) is 8.42 Å². The smallest absolute Gasteiger partial charge is 0.243 e. The molecule has 2 N–H and O–H groups in total. The van der Waals surface area contributed by atoms with Crippen LogP contribution in [0.15, 0.2) is 23.1 Å². The van der Waals surface area contributed by atoms with E-state index < -0.39 is 10.0 Å². The molecule has 0 heterocycles. The van der Waals surface area contributed by atoms with Crippen LogP contribution in [-0.2, 0) is 10.0 Å². The maximum Gasteiger partial charge on any atom is 0.243 e. The van der Waals surface area contributed by atoms with Crippen molar-refractivity contribution < 1.29 is 8.42 Å². The van der Waals surface area contributed by atoms with Crippen molar-refractivity contribution in [2.45, 2.75) is 44.0 Å². The van der Waals surface area contributed by atoms with Crippen molar-refractivity contribution in [3.63, 3.8) is 0 Å². The van der Waals surface area contributed by atoms with Crippen LogP contribution in [0.5, 0.6) is 0 Å². The molecule has 1 aliphatic rings. The SMILES string of the molecule is CCCN(C1CC1)S(=O)(=O)c1ccc(C(N)=S)cc1C. The first-order valence-corrected chi connectivity index (χ1v) is 8.65. The van der Waals surface area contributed by atoms with Gasteiger partial charge in [-0.1, -0.05) is 25.2 Å². The predicted octanol–water partition coefficient (Wildman–Crippen LogP) is 2.19. The third-order valence-electron chi connectivity index (χ3n) is 3.44. The van der Waals surface area contributed by atoms with Crippen LogP contribution in [0.4, 0.5) is 0 Å². The van der Waals surface area contributed by atoms with Crippen molar-refractivity contribution in [3.05, 3.63) is 29.3 Å². The molecule has 0 amide bonds. The quantitative estimate of drug-likeness (QED) is 0.818. The van der Waals surface area contributed by atoms with E-state index in [0.717, 1.165) is 19.3 Å². The summed E-state index contributed by atoms with van der Waals surface area (Å²) >= 11 is 4.92. The molecule has 0 unspecified atom stereocenters. The number of hydrogen-bond acceptors (Lipinski definition) is 3. The standard InChI is InChI=1S/C14H20N2O2S2/c1-3-8-16(12-5-6-12)20(17,18)13-7-4-11(14(15)19)9-10(13)2/h4,7,9,12H,3,5-6,8H2,1-2H3,(H2,15,19). The zero-order chi connectivity index (χ0) is 14.9. The Balaban J connectivity index is 2.40. The minimum Gasteiger partial charge on any atom is -0.389 e. The maximum atomic E-state index is 12.8. The Morgan fingerprint density at radius 1 is 1.45 bits per heavy atom. The van der Waals surface area contributed by atoms with Crippen LogP contribution in [0.25, 0.3) is 0 Å². The van der Waals surface area contributed by atoms with Crippen LogP contribution in [-0.4, -0.2) is 30.3 Å². The molecule has 110 valence electrons. The molecule has 1 saturated carbocycles. The molecule has 0 spiro atoms. The number of benzene rings is 1. The Hall–Kier alpha value is -0.980. The van der Waals surface area contributed by atoms with E-state index in [1.165, 1.54) is 0 Å². The monoisotopic (exact) mass is 312 g/mol. The van der Waals surface area contributed by atoms with Crippen molar-refractivity contribution in [2.75, 3.05) is 6.54 Å². The summed E-state index contributed by atoms with van der Waals surface area (Å²) in [5.74, 6) is 0. The number of nitrogens with zero attached hydrogens (tertiary/aromatic N) is 1. The van der Waals surface area contributed by atoms with Crippen LogP contribution in [0.3, 0.4) is 0 Å². The van der Waals surface area contributed by atoms with Gasteiger partial charge in [0.1, 0.15) is 4.99 Å². The van der Waals surface area contributed by atoms with Gasteiger partial charge in [0.05, 0.1) is 4.90 Å². The van der Waals surface area contributed by atoms with Crippen LogP contribution in [0.2, 0.25) is 0 Å². The fraction of sp³-hybridized carbons (Fsp3) is 0.500. The van der Waals surface area contributed by atoms with Gasteiger partial charge in [0.2, 0.25) is 10.0 Å². The zero-order valence-corrected chi connectivity index (χ0v) is 13.4. The van der Waals surface area contributed by atoms with E-state index >= 15 is 0 Å². The molecule has 1 aromatic carbocycles. The highest BCUT2D eigenvalue weighted by Gasteiger charge is 2.37. The van der Waals surface area contributed by atoms with Gasteiger partial charge in [-0.3, -0.25) is 0 Å². The average molecular weight is 312 g/mol. The molecule has 0 aliphatic heterocycles. The molecule has 0 saturated heterocycles. The molecular weight excluding hydrogens is 292 g/mol. The third kappa shape index (κ3) is 3.02. The van der Waals surface area contributed by atoms with Gasteiger partial charge in [-0.15, -0.1) is 0 Å². The van der Waals surface area contributed by atoms with Gasteiger partial charge in [0, 0.05) is 18.2 Å². The van der Waals surface area contributed by atoms with Crippen molar-refractivity contribution in [1.29, 1.82) is 0 Å². The Morgan fingerprint density at radius 3 is 2.55 bits per heavy atom. The summed E-state index contributed by atoms with van der Waals surface area (Å²) in [6, 6.07) is 5.21. The molecule has 0 aromatic heterocycles. The van der Waals surface area contributed by atoms with Gasteiger partial charge in [0.15, 0.2) is 0 Å². The predicted molar refractivity (Wildman–Crippen MR) is 84.3 cm³/mol. The Labute approximate surface area is 126 Å². The first-order chi connectivity index (χ1) is 9.37. The van der Waals surface area contributed by atoms with E-state index in [1.54, 1.807) is 29.4 Å². The van der Waals surface area contributed by atoms with Crippen LogP contribution >= 0.6 is 12.2 Å². The summed E-state index contributed by atoms with van der Waals surface area (Å²) in [6.45, 7) is 4.35. The van der Waals surface area contributed by atoms with E-state index in [1.807, 2.05) is 6.92 Å². The molecule has 1 aromatic rings. The fourth-order valence-corrected chi connectivity index (χ4v) is 4.41. The lowest BCUT2D eigenvalue weighted by atomic mass is 10.1. The normalized spacial score (nSPS) is 15.6. The maximum absolute atomic E-state index is 12.8. The fourth-order valence-electron chi connectivity index (χ4n) is 2.30. The molecule has 20 heavy (non-hydrogen) atoms. The number of nitrogens with two attached hydrogens (primary N) is 1. The first-order valence-electron chi connectivity index (χ1n) is 6.80. The summed E-state index contributed by atoms with van der Waals surface area (Å²) in [6.07, 6.45) is 2.74. The minimum absolute atomic E-state index is 0.176. The third-order valence-corrected chi connectivity index (χ3v) is 5.79. The molecule has 1 fully saturated rings. The average Bonchev–Trinajstić information content (AvgIpc) is 3.19. The summed E-state index contributed by atoms with van der Waals surface area (Å²) in [4.78, 5) is 0.641. The molecular formula is C14H20N2O2S2. The van der Waals surface area contributed by atoms with Gasteiger partial charge in [0.25, 0.3) is 0 Å². The second-order valence-corrected chi connectivity index (χ2v) is 7.49. The number of aryl methyl sites for hydroxylation is 1. The number of sulfonamides is 1. The van der Waals surface area contributed by atoms with Crippen molar-refractivity contribution in [1.82, 2.24) is 4.31 Å². The second-order valence-electron chi connectivity index (χ2n) is 5.19. The zero-order valence-electron chi connectivity index (χ0n) is 11.8. The van der Waals surface area contributed by atoms with E-state index in [-0.39, 0.29) is 11.0 Å². The van der Waals surface area contributed by atoms with Crippen molar-refractivity contribution in [2.24, 2.45) is 5.73 Å². The van der Waals surface area contributed by atoms with E-state index in [0.29, 0.717) is 22.6 Å². The Morgan fingerprint density at radius 2 is 2.10 bits per heavy atom. The number of rotatable bonds is 6. The highest BCUT2D eigenvalue weighted by atomic mass is 32.2. The molecule has 4 nitrogen and oxygen atoms in total. The van der Waals surface area contributed by atoms with Crippen LogP contribution in [0.1, 0.15) is 37.3 Å². The molecule has 6 heteroatoms. The molecule has 2 rings (SSSR count). The largest absolute Gasteiger partial charge is 0.389 e. The van der Waals surface area contributed by atoms with Crippen LogP contribution < -0.4 is 5.73 Å². The number of thiocarbonyl (C=S) groups is 1. The summed E-state index contributed by atoms with van der Waals surface area (Å²) in [7, 11) is -3.42. The van der Waals surface area contributed by atoms with Gasteiger partial charge < -0.3 is 5.73 Å². The number of hydrogen-bond donors (Lipinski definition) is 1. The lowest BCUT2D eigenvalue weighted by Crippen LogP contribution is -2.34. The minimum atomic E-state index is -3.42. The Kier molecular flexibility index (Phi) is 4.46. The highest BCUT2D eigenvalue weighted by Crippen LogP contribution is 2.33. The topological polar surface area (TPSA) is 63.4 Å². The van der Waals surface area contributed by atoms with Gasteiger partial charge in [-0.25, -0.2) is 8.42 Å². The summed E-state index contributed by atoms with van der Waals surface area (Å²) in [5.41, 5.74) is 6.97. The summed E-state index contributed by atoms with van der Waals surface area (Å²) in [5, 5.41) is 0. The molecule has 0 radical (unpaired) electrons. The van der Waals surface area contributed by atoms with Gasteiger partial charge in [-0.05, 0) is 43.9 Å². The molecule has 1 aliphatic carbocycles. The first kappa shape index (κ1) is 15.4. The van der Waals surface area contributed by atoms with Crippen LogP contribution in [0, 0.1) is 6.92 Å². The van der Waals surface area contributed by atoms with Gasteiger partial charge >= 0.3 is 0 Å². The lowest BCUT2D eigenvalue weighted by Gasteiger charge is -2.22. The lowest BCUT2D eigenvalue weighted by molar-refractivity contribution is 0.403. The highest BCUT2D eigenvalue weighted by molar-refractivity contribution is 7.89. The second kappa shape index (κ2) is 5.79. The Bertz CT molecular complexity index is 622. The molecule has 0 atom stereocenters. The summed E-state index contributed by atoms with van der Waals surface area (Å²) < 4.78 is 27.2. The van der Waals surface area contributed by atoms with Gasteiger partial charge in [-0.2, -0.15) is 4.31 Å². The van der Waals surface area contributed by atoms with Crippen molar-refractivity contribution in [3.8, 4) is 0 Å². The van der Waals surface area contributed by atoms with E-state index in [4.69, 9.17) is 18.0 Å². The van der Waals surface area contributed by atoms with Crippen molar-refractivity contribution >= 4 is 27.2 Å².